The number of hydrogen-bond acceptors (Lipinski definition) is 6. The lowest BCUT2D eigenvalue weighted by atomic mass is 9.93. The summed E-state index contributed by atoms with van der Waals surface area (Å²) in [4.78, 5) is 39.5. The van der Waals surface area contributed by atoms with Gasteiger partial charge in [0.25, 0.3) is 0 Å². The molecule has 0 spiro atoms. The first kappa shape index (κ1) is 24.0. The maximum Gasteiger partial charge on any atom is 0.247 e. The van der Waals surface area contributed by atoms with Crippen molar-refractivity contribution in [3.05, 3.63) is 59.5 Å². The maximum atomic E-state index is 13.5. The standard InChI is InChI=1S/C27H30FN5O3/c1-3-36-21-8-9-23-22(16-21)17(2)30-27(31-23)32-13-10-19(11-14-32)26(35)33-15-12-29-25(34)24(33)18-4-6-20(28)7-5-18/h4-9,16,19,24H,3,10-15H2,1-2H3,(H,29,34)/t24-/m1/s1. The number of aryl methyl sites for hydroxylation is 1. The fraction of sp³-hybridized carbons (Fsp3) is 0.407. The van der Waals surface area contributed by atoms with Crippen molar-refractivity contribution in [2.45, 2.75) is 32.7 Å². The van der Waals surface area contributed by atoms with E-state index in [1.54, 1.807) is 17.0 Å². The van der Waals surface area contributed by atoms with Gasteiger partial charge in [0.1, 0.15) is 17.6 Å². The van der Waals surface area contributed by atoms with Crippen molar-refractivity contribution in [1.29, 1.82) is 0 Å². The van der Waals surface area contributed by atoms with Gasteiger partial charge in [-0.1, -0.05) is 12.1 Å². The van der Waals surface area contributed by atoms with Crippen molar-refractivity contribution >= 4 is 28.7 Å². The van der Waals surface area contributed by atoms with Gasteiger partial charge in [0.05, 0.1) is 17.8 Å². The summed E-state index contributed by atoms with van der Waals surface area (Å²) in [6, 6.07) is 10.9. The van der Waals surface area contributed by atoms with E-state index in [0.29, 0.717) is 57.1 Å². The molecule has 2 aliphatic heterocycles. The van der Waals surface area contributed by atoms with Crippen molar-refractivity contribution < 1.29 is 18.7 Å². The van der Waals surface area contributed by atoms with E-state index in [9.17, 15) is 14.0 Å². The van der Waals surface area contributed by atoms with Crippen LogP contribution in [0.1, 0.15) is 37.1 Å². The molecule has 2 saturated heterocycles. The number of rotatable bonds is 5. The van der Waals surface area contributed by atoms with Crippen LogP contribution in [0.5, 0.6) is 5.75 Å². The second-order valence-electron chi connectivity index (χ2n) is 9.26. The zero-order chi connectivity index (χ0) is 25.2. The normalized spacial score (nSPS) is 18.9. The van der Waals surface area contributed by atoms with Crippen LogP contribution in [0.3, 0.4) is 0 Å². The van der Waals surface area contributed by atoms with Crippen LogP contribution >= 0.6 is 0 Å². The summed E-state index contributed by atoms with van der Waals surface area (Å²) in [7, 11) is 0. The Morgan fingerprint density at radius 2 is 1.86 bits per heavy atom. The summed E-state index contributed by atoms with van der Waals surface area (Å²) in [5.41, 5.74) is 2.36. The highest BCUT2D eigenvalue weighted by Crippen LogP contribution is 2.30. The number of benzene rings is 2. The third-order valence-electron chi connectivity index (χ3n) is 6.96. The summed E-state index contributed by atoms with van der Waals surface area (Å²) < 4.78 is 19.0. The van der Waals surface area contributed by atoms with Crippen molar-refractivity contribution in [2.24, 2.45) is 5.92 Å². The molecule has 2 fully saturated rings. The van der Waals surface area contributed by atoms with Gasteiger partial charge < -0.3 is 19.9 Å². The van der Waals surface area contributed by atoms with Crippen LogP contribution < -0.4 is 15.0 Å². The molecule has 3 aromatic rings. The second kappa shape index (κ2) is 10.1. The van der Waals surface area contributed by atoms with E-state index in [-0.39, 0.29) is 23.5 Å². The molecule has 0 radical (unpaired) electrons. The van der Waals surface area contributed by atoms with E-state index < -0.39 is 6.04 Å². The van der Waals surface area contributed by atoms with Crippen LogP contribution in [-0.4, -0.2) is 59.5 Å². The Labute approximate surface area is 209 Å². The Bertz CT molecular complexity index is 1270. The van der Waals surface area contributed by atoms with Crippen LogP contribution in [0.2, 0.25) is 0 Å². The van der Waals surface area contributed by atoms with E-state index in [4.69, 9.17) is 14.7 Å². The predicted molar refractivity (Wildman–Crippen MR) is 134 cm³/mol. The Morgan fingerprint density at radius 1 is 1.11 bits per heavy atom. The van der Waals surface area contributed by atoms with Crippen molar-refractivity contribution in [1.82, 2.24) is 20.2 Å². The lowest BCUT2D eigenvalue weighted by Crippen LogP contribution is -2.54. The van der Waals surface area contributed by atoms with Gasteiger partial charge in [0, 0.05) is 37.5 Å². The van der Waals surface area contributed by atoms with E-state index in [1.165, 1.54) is 12.1 Å². The van der Waals surface area contributed by atoms with E-state index in [0.717, 1.165) is 22.3 Å². The fourth-order valence-corrected chi connectivity index (χ4v) is 5.08. The van der Waals surface area contributed by atoms with E-state index in [2.05, 4.69) is 10.2 Å². The molecule has 0 saturated carbocycles. The molecular formula is C27H30FN5O3. The number of piperazine rings is 1. The summed E-state index contributed by atoms with van der Waals surface area (Å²) in [5, 5.41) is 3.80. The third-order valence-corrected chi connectivity index (χ3v) is 6.96. The Hall–Kier alpha value is -3.75. The first-order valence-corrected chi connectivity index (χ1v) is 12.4. The van der Waals surface area contributed by atoms with Crippen LogP contribution in [0.4, 0.5) is 10.3 Å². The number of halogens is 1. The predicted octanol–water partition coefficient (Wildman–Crippen LogP) is 3.39. The SMILES string of the molecule is CCOc1ccc2nc(N3CCC(C(=O)N4CCNC(=O)[C@H]4c4ccc(F)cc4)CC3)nc(C)c2c1. The average Bonchev–Trinajstić information content (AvgIpc) is 2.89. The molecule has 8 nitrogen and oxygen atoms in total. The molecule has 1 atom stereocenters. The number of ether oxygens (including phenoxy) is 1. The lowest BCUT2D eigenvalue weighted by Gasteiger charge is -2.39. The summed E-state index contributed by atoms with van der Waals surface area (Å²) in [6.45, 7) is 6.67. The number of anilines is 1. The van der Waals surface area contributed by atoms with Crippen molar-refractivity contribution in [3.63, 3.8) is 0 Å². The molecule has 36 heavy (non-hydrogen) atoms. The number of hydrogen-bond donors (Lipinski definition) is 1. The van der Waals surface area contributed by atoms with Gasteiger partial charge in [-0.15, -0.1) is 0 Å². The first-order valence-electron chi connectivity index (χ1n) is 12.4. The first-order chi connectivity index (χ1) is 17.4. The molecule has 2 aliphatic rings. The number of fused-ring (bicyclic) bond motifs is 1. The minimum atomic E-state index is -0.738. The molecule has 0 aliphatic carbocycles. The van der Waals surface area contributed by atoms with Crippen molar-refractivity contribution in [2.75, 3.05) is 37.7 Å². The van der Waals surface area contributed by atoms with Gasteiger partial charge in [0.15, 0.2) is 0 Å². The third kappa shape index (κ3) is 4.69. The Kier molecular flexibility index (Phi) is 6.71. The molecule has 3 heterocycles. The number of aromatic nitrogens is 2. The fourth-order valence-electron chi connectivity index (χ4n) is 5.08. The molecule has 9 heteroatoms. The van der Waals surface area contributed by atoms with Gasteiger partial charge in [0.2, 0.25) is 17.8 Å². The Morgan fingerprint density at radius 3 is 2.58 bits per heavy atom. The van der Waals surface area contributed by atoms with Gasteiger partial charge in [-0.3, -0.25) is 9.59 Å². The number of piperidine rings is 1. The van der Waals surface area contributed by atoms with Crippen molar-refractivity contribution in [3.8, 4) is 5.75 Å². The minimum Gasteiger partial charge on any atom is -0.494 e. The number of carbonyl (C=O) groups excluding carboxylic acids is 2. The highest BCUT2D eigenvalue weighted by Gasteiger charge is 2.38. The average molecular weight is 492 g/mol. The quantitative estimate of drug-likeness (QED) is 0.589. The zero-order valence-electron chi connectivity index (χ0n) is 20.5. The highest BCUT2D eigenvalue weighted by atomic mass is 19.1. The summed E-state index contributed by atoms with van der Waals surface area (Å²) >= 11 is 0. The monoisotopic (exact) mass is 491 g/mol. The molecule has 5 rings (SSSR count). The van der Waals surface area contributed by atoms with Gasteiger partial charge in [-0.2, -0.15) is 0 Å². The topological polar surface area (TPSA) is 87.7 Å². The largest absolute Gasteiger partial charge is 0.494 e. The zero-order valence-corrected chi connectivity index (χ0v) is 20.5. The van der Waals surface area contributed by atoms with E-state index in [1.807, 2.05) is 32.0 Å². The number of carbonyl (C=O) groups is 2. The maximum absolute atomic E-state index is 13.5. The van der Waals surface area contributed by atoms with Gasteiger partial charge >= 0.3 is 0 Å². The Balaban J connectivity index is 1.29. The molecule has 1 aromatic heterocycles. The minimum absolute atomic E-state index is 0.0297. The molecule has 0 unspecified atom stereocenters. The molecule has 1 N–H and O–H groups in total. The summed E-state index contributed by atoms with van der Waals surface area (Å²) in [6.07, 6.45) is 1.30. The van der Waals surface area contributed by atoms with Crippen LogP contribution in [0.25, 0.3) is 10.9 Å². The second-order valence-corrected chi connectivity index (χ2v) is 9.26. The van der Waals surface area contributed by atoms with Gasteiger partial charge in [-0.25, -0.2) is 14.4 Å². The van der Waals surface area contributed by atoms with Crippen LogP contribution in [-0.2, 0) is 9.59 Å². The molecule has 2 amide bonds. The number of nitrogens with one attached hydrogen (secondary N) is 1. The highest BCUT2D eigenvalue weighted by molar-refractivity contribution is 5.90. The lowest BCUT2D eigenvalue weighted by molar-refractivity contribution is -0.147. The molecular weight excluding hydrogens is 461 g/mol. The molecule has 2 aromatic carbocycles. The van der Waals surface area contributed by atoms with Crippen LogP contribution in [0, 0.1) is 18.7 Å². The molecule has 0 bridgehead atoms. The van der Waals surface area contributed by atoms with Crippen LogP contribution in [0.15, 0.2) is 42.5 Å². The van der Waals surface area contributed by atoms with E-state index >= 15 is 0 Å². The summed E-state index contributed by atoms with van der Waals surface area (Å²) in [5.74, 6) is 0.640. The van der Waals surface area contributed by atoms with Gasteiger partial charge in [-0.05, 0) is 62.6 Å². The number of amides is 2. The molecule has 188 valence electrons. The smallest absolute Gasteiger partial charge is 0.247 e. The number of nitrogens with zero attached hydrogens (tertiary/aromatic N) is 4.